The van der Waals surface area contributed by atoms with Gasteiger partial charge in [-0.15, -0.1) is 0 Å². The Morgan fingerprint density at radius 3 is 2.48 bits per heavy atom. The zero-order valence-corrected chi connectivity index (χ0v) is 12.0. The van der Waals surface area contributed by atoms with Crippen LogP contribution in [0.15, 0.2) is 48.5 Å². The van der Waals surface area contributed by atoms with E-state index in [9.17, 15) is 4.79 Å². The summed E-state index contributed by atoms with van der Waals surface area (Å²) < 4.78 is 5.09. The van der Waals surface area contributed by atoms with Crippen molar-refractivity contribution in [3.8, 4) is 11.8 Å². The second-order valence-electron chi connectivity index (χ2n) is 4.61. The normalized spacial score (nSPS) is 9.76. The number of carbonyl (C=O) groups is 1. The molecule has 106 valence electrons. The fourth-order valence-electron chi connectivity index (χ4n) is 2.03. The van der Waals surface area contributed by atoms with Crippen LogP contribution in [0.5, 0.6) is 5.75 Å². The van der Waals surface area contributed by atoms with E-state index in [0.717, 1.165) is 11.3 Å². The molecule has 0 heterocycles. The number of methoxy groups -OCH3 is 1. The van der Waals surface area contributed by atoms with Crippen LogP contribution in [0.4, 0.5) is 5.69 Å². The Morgan fingerprint density at radius 1 is 1.19 bits per heavy atom. The fraction of sp³-hybridized carbons (Fsp3) is 0.176. The number of anilines is 1. The lowest BCUT2D eigenvalue weighted by atomic mass is 10.1. The minimum absolute atomic E-state index is 0.0668. The molecule has 0 aliphatic carbocycles. The molecule has 21 heavy (non-hydrogen) atoms. The molecule has 2 aromatic carbocycles. The van der Waals surface area contributed by atoms with Gasteiger partial charge < -0.3 is 9.64 Å². The van der Waals surface area contributed by atoms with Gasteiger partial charge in [0.05, 0.1) is 24.8 Å². The van der Waals surface area contributed by atoms with Gasteiger partial charge in [-0.3, -0.25) is 4.79 Å². The SMILES string of the molecule is COc1ccc(CC(=O)N(C)c2ccccc2C#N)cc1. The Bertz CT molecular complexity index is 672. The number of rotatable bonds is 4. The van der Waals surface area contributed by atoms with E-state index in [1.54, 1.807) is 32.4 Å². The summed E-state index contributed by atoms with van der Waals surface area (Å²) in [6.07, 6.45) is 0.278. The van der Waals surface area contributed by atoms with Crippen LogP contribution in [0, 0.1) is 11.3 Å². The topological polar surface area (TPSA) is 53.3 Å². The number of ether oxygens (including phenoxy) is 1. The van der Waals surface area contributed by atoms with Crippen LogP contribution in [0.3, 0.4) is 0 Å². The minimum Gasteiger partial charge on any atom is -0.497 e. The number of para-hydroxylation sites is 1. The molecule has 0 fully saturated rings. The Balaban J connectivity index is 2.14. The van der Waals surface area contributed by atoms with Crippen molar-refractivity contribution in [2.45, 2.75) is 6.42 Å². The molecule has 2 rings (SSSR count). The lowest BCUT2D eigenvalue weighted by molar-refractivity contribution is -0.117. The van der Waals surface area contributed by atoms with Gasteiger partial charge in [-0.05, 0) is 29.8 Å². The molecule has 4 heteroatoms. The molecular formula is C17H16N2O2. The number of amides is 1. The van der Waals surface area contributed by atoms with E-state index in [1.165, 1.54) is 4.90 Å². The molecule has 0 aromatic heterocycles. The lowest BCUT2D eigenvalue weighted by Gasteiger charge is -2.18. The van der Waals surface area contributed by atoms with Gasteiger partial charge in [0.15, 0.2) is 0 Å². The highest BCUT2D eigenvalue weighted by molar-refractivity contribution is 5.95. The maximum Gasteiger partial charge on any atom is 0.231 e. The molecule has 2 aromatic rings. The molecule has 0 radical (unpaired) electrons. The highest BCUT2D eigenvalue weighted by atomic mass is 16.5. The van der Waals surface area contributed by atoms with E-state index in [-0.39, 0.29) is 12.3 Å². The van der Waals surface area contributed by atoms with Crippen molar-refractivity contribution in [1.82, 2.24) is 0 Å². The molecule has 0 atom stereocenters. The molecule has 0 N–H and O–H groups in total. The summed E-state index contributed by atoms with van der Waals surface area (Å²) in [5, 5.41) is 9.09. The van der Waals surface area contributed by atoms with E-state index in [2.05, 4.69) is 6.07 Å². The monoisotopic (exact) mass is 280 g/mol. The summed E-state index contributed by atoms with van der Waals surface area (Å²) >= 11 is 0. The smallest absolute Gasteiger partial charge is 0.231 e. The van der Waals surface area contributed by atoms with Gasteiger partial charge in [0.25, 0.3) is 0 Å². The highest BCUT2D eigenvalue weighted by Crippen LogP contribution is 2.19. The van der Waals surface area contributed by atoms with E-state index < -0.39 is 0 Å². The molecule has 0 spiro atoms. The molecule has 4 nitrogen and oxygen atoms in total. The van der Waals surface area contributed by atoms with Crippen LogP contribution in [-0.2, 0) is 11.2 Å². The van der Waals surface area contributed by atoms with Crippen LogP contribution in [0.1, 0.15) is 11.1 Å². The molecule has 0 saturated carbocycles. The van der Waals surface area contributed by atoms with E-state index >= 15 is 0 Å². The van der Waals surface area contributed by atoms with Crippen LogP contribution >= 0.6 is 0 Å². The first kappa shape index (κ1) is 14.6. The van der Waals surface area contributed by atoms with Crippen molar-refractivity contribution >= 4 is 11.6 Å². The first-order valence-corrected chi connectivity index (χ1v) is 6.54. The summed E-state index contributed by atoms with van der Waals surface area (Å²) in [6, 6.07) is 16.5. The molecule has 0 bridgehead atoms. The van der Waals surface area contributed by atoms with Crippen molar-refractivity contribution in [1.29, 1.82) is 5.26 Å². The van der Waals surface area contributed by atoms with E-state index in [4.69, 9.17) is 10.00 Å². The zero-order chi connectivity index (χ0) is 15.2. The summed E-state index contributed by atoms with van der Waals surface area (Å²) in [7, 11) is 3.29. The Hall–Kier alpha value is -2.80. The predicted octanol–water partition coefficient (Wildman–Crippen LogP) is 2.77. The molecule has 0 unspecified atom stereocenters. The fourth-order valence-corrected chi connectivity index (χ4v) is 2.03. The first-order valence-electron chi connectivity index (χ1n) is 6.54. The summed E-state index contributed by atoms with van der Waals surface area (Å²) in [6.45, 7) is 0. The maximum absolute atomic E-state index is 12.3. The summed E-state index contributed by atoms with van der Waals surface area (Å²) in [5.41, 5.74) is 2.02. The quantitative estimate of drug-likeness (QED) is 0.865. The molecule has 0 aliphatic rings. The van der Waals surface area contributed by atoms with Crippen LogP contribution in [-0.4, -0.2) is 20.1 Å². The number of hydrogen-bond acceptors (Lipinski definition) is 3. The third-order valence-electron chi connectivity index (χ3n) is 3.27. The highest BCUT2D eigenvalue weighted by Gasteiger charge is 2.14. The largest absolute Gasteiger partial charge is 0.497 e. The average Bonchev–Trinajstić information content (AvgIpc) is 2.54. The van der Waals surface area contributed by atoms with E-state index in [1.807, 2.05) is 30.3 Å². The number of benzene rings is 2. The number of nitrogens with zero attached hydrogens (tertiary/aromatic N) is 2. The van der Waals surface area contributed by atoms with Gasteiger partial charge in [-0.2, -0.15) is 5.26 Å². The minimum atomic E-state index is -0.0668. The van der Waals surface area contributed by atoms with Crippen LogP contribution in [0.2, 0.25) is 0 Å². The molecule has 0 aliphatic heterocycles. The van der Waals surface area contributed by atoms with Crippen molar-refractivity contribution < 1.29 is 9.53 Å². The second-order valence-corrected chi connectivity index (χ2v) is 4.61. The van der Waals surface area contributed by atoms with E-state index in [0.29, 0.717) is 11.3 Å². The molecular weight excluding hydrogens is 264 g/mol. The van der Waals surface area contributed by atoms with Gasteiger partial charge >= 0.3 is 0 Å². The van der Waals surface area contributed by atoms with Crippen molar-refractivity contribution in [3.63, 3.8) is 0 Å². The lowest BCUT2D eigenvalue weighted by Crippen LogP contribution is -2.28. The number of hydrogen-bond donors (Lipinski definition) is 0. The Morgan fingerprint density at radius 2 is 1.86 bits per heavy atom. The molecule has 1 amide bonds. The van der Waals surface area contributed by atoms with Gasteiger partial charge in [0, 0.05) is 7.05 Å². The Labute approximate surface area is 124 Å². The van der Waals surface area contributed by atoms with Crippen molar-refractivity contribution in [2.75, 3.05) is 19.1 Å². The van der Waals surface area contributed by atoms with Gasteiger partial charge in [-0.1, -0.05) is 24.3 Å². The van der Waals surface area contributed by atoms with Crippen molar-refractivity contribution in [2.24, 2.45) is 0 Å². The maximum atomic E-state index is 12.3. The standard InChI is InChI=1S/C17H16N2O2/c1-19(16-6-4-3-5-14(16)12-18)17(20)11-13-7-9-15(21-2)10-8-13/h3-10H,11H2,1-2H3. The summed E-state index contributed by atoms with van der Waals surface area (Å²) in [4.78, 5) is 13.8. The zero-order valence-electron chi connectivity index (χ0n) is 12.0. The predicted molar refractivity (Wildman–Crippen MR) is 81.3 cm³/mol. The Kier molecular flexibility index (Phi) is 4.57. The first-order chi connectivity index (χ1) is 10.2. The van der Waals surface area contributed by atoms with Gasteiger partial charge in [0.2, 0.25) is 5.91 Å². The second kappa shape index (κ2) is 6.58. The number of nitriles is 1. The van der Waals surface area contributed by atoms with Crippen LogP contribution < -0.4 is 9.64 Å². The van der Waals surface area contributed by atoms with Gasteiger partial charge in [-0.25, -0.2) is 0 Å². The summed E-state index contributed by atoms with van der Waals surface area (Å²) in [5.74, 6) is 0.692. The third-order valence-corrected chi connectivity index (χ3v) is 3.27. The average molecular weight is 280 g/mol. The molecule has 0 saturated heterocycles. The van der Waals surface area contributed by atoms with Crippen molar-refractivity contribution in [3.05, 3.63) is 59.7 Å². The van der Waals surface area contributed by atoms with Gasteiger partial charge in [0.1, 0.15) is 11.8 Å². The number of carbonyl (C=O) groups excluding carboxylic acids is 1. The third kappa shape index (κ3) is 3.40. The number of likely N-dealkylation sites (N-methyl/N-ethyl adjacent to an activating group) is 1. The van der Waals surface area contributed by atoms with Crippen LogP contribution in [0.25, 0.3) is 0 Å².